The number of hydrazone groups is 1. The van der Waals surface area contributed by atoms with Gasteiger partial charge in [-0.2, -0.15) is 5.10 Å². The van der Waals surface area contributed by atoms with Crippen LogP contribution in [-0.2, 0) is 4.79 Å². The number of carbonyl (C=O) groups excluding carboxylic acids is 1. The van der Waals surface area contributed by atoms with Crippen LogP contribution in [0.25, 0.3) is 10.9 Å². The Bertz CT molecular complexity index is 642. The van der Waals surface area contributed by atoms with E-state index in [0.29, 0.717) is 0 Å². The lowest BCUT2D eigenvalue weighted by atomic mass is 10.1. The lowest BCUT2D eigenvalue weighted by Gasteiger charge is -2.07. The van der Waals surface area contributed by atoms with E-state index in [1.54, 1.807) is 12.4 Å². The molecule has 2 N–H and O–H groups in total. The molecule has 20 heavy (non-hydrogen) atoms. The molecule has 1 saturated heterocycles. The molecule has 2 aromatic rings. The second-order valence-electron chi connectivity index (χ2n) is 4.81. The molecule has 0 radical (unpaired) electrons. The molecule has 1 aromatic heterocycles. The minimum absolute atomic E-state index is 0.0769. The highest BCUT2D eigenvalue weighted by Gasteiger charge is 2.21. The summed E-state index contributed by atoms with van der Waals surface area (Å²) in [5.41, 5.74) is 4.35. The third-order valence-corrected chi connectivity index (χ3v) is 3.42. The summed E-state index contributed by atoms with van der Waals surface area (Å²) < 4.78 is 0. The van der Waals surface area contributed by atoms with Crippen molar-refractivity contribution in [2.24, 2.45) is 5.10 Å². The van der Waals surface area contributed by atoms with Gasteiger partial charge in [0.15, 0.2) is 0 Å². The molecule has 0 saturated carbocycles. The van der Waals surface area contributed by atoms with Crippen molar-refractivity contribution in [3.63, 3.8) is 0 Å². The average Bonchev–Trinajstić information content (AvgIpc) is 3.02. The number of carbonyl (C=O) groups is 1. The van der Waals surface area contributed by atoms with Gasteiger partial charge < -0.3 is 5.32 Å². The van der Waals surface area contributed by atoms with Crippen molar-refractivity contribution in [2.75, 3.05) is 6.54 Å². The maximum absolute atomic E-state index is 11.8. The van der Waals surface area contributed by atoms with E-state index in [1.165, 1.54) is 0 Å². The van der Waals surface area contributed by atoms with Gasteiger partial charge in [-0.3, -0.25) is 9.78 Å². The Kier molecular flexibility index (Phi) is 3.69. The summed E-state index contributed by atoms with van der Waals surface area (Å²) >= 11 is 0. The molecule has 0 spiro atoms. The first-order chi connectivity index (χ1) is 9.84. The highest BCUT2D eigenvalue weighted by Crippen LogP contribution is 2.13. The summed E-state index contributed by atoms with van der Waals surface area (Å²) in [7, 11) is 0. The molecule has 0 bridgehead atoms. The van der Waals surface area contributed by atoms with E-state index in [-0.39, 0.29) is 11.9 Å². The zero-order chi connectivity index (χ0) is 13.8. The first-order valence-electron chi connectivity index (χ1n) is 6.74. The van der Waals surface area contributed by atoms with Crippen LogP contribution in [-0.4, -0.2) is 29.7 Å². The number of nitrogens with zero attached hydrogens (tertiary/aromatic N) is 2. The maximum Gasteiger partial charge on any atom is 0.257 e. The van der Waals surface area contributed by atoms with Crippen LogP contribution in [0.2, 0.25) is 0 Å². The van der Waals surface area contributed by atoms with Crippen LogP contribution in [0.3, 0.4) is 0 Å². The molecule has 1 aliphatic rings. The summed E-state index contributed by atoms with van der Waals surface area (Å²) in [5.74, 6) is -0.0769. The number of hydrogen-bond acceptors (Lipinski definition) is 4. The Labute approximate surface area is 117 Å². The average molecular weight is 268 g/mol. The molecule has 0 unspecified atom stereocenters. The van der Waals surface area contributed by atoms with Gasteiger partial charge in [0.05, 0.1) is 17.8 Å². The van der Waals surface area contributed by atoms with E-state index >= 15 is 0 Å². The zero-order valence-electron chi connectivity index (χ0n) is 11.0. The van der Waals surface area contributed by atoms with Crippen LogP contribution in [0.4, 0.5) is 0 Å². The Morgan fingerprint density at radius 2 is 2.30 bits per heavy atom. The van der Waals surface area contributed by atoms with E-state index in [1.807, 2.05) is 30.3 Å². The summed E-state index contributed by atoms with van der Waals surface area (Å²) in [6, 6.07) is 9.67. The summed E-state index contributed by atoms with van der Waals surface area (Å²) in [6.45, 7) is 0.898. The van der Waals surface area contributed by atoms with E-state index in [0.717, 1.165) is 35.9 Å². The van der Waals surface area contributed by atoms with Gasteiger partial charge in [-0.25, -0.2) is 5.43 Å². The summed E-state index contributed by atoms with van der Waals surface area (Å²) in [4.78, 5) is 16.1. The van der Waals surface area contributed by atoms with Gasteiger partial charge in [-0.05, 0) is 25.5 Å². The number of hydrogen-bond donors (Lipinski definition) is 2. The molecule has 1 aromatic carbocycles. The van der Waals surface area contributed by atoms with Crippen molar-refractivity contribution in [3.8, 4) is 0 Å². The van der Waals surface area contributed by atoms with Crippen LogP contribution in [0.1, 0.15) is 18.4 Å². The quantitative estimate of drug-likeness (QED) is 0.654. The van der Waals surface area contributed by atoms with Gasteiger partial charge in [0.1, 0.15) is 0 Å². The van der Waals surface area contributed by atoms with Crippen LogP contribution >= 0.6 is 0 Å². The molecule has 1 aliphatic heterocycles. The lowest BCUT2D eigenvalue weighted by Crippen LogP contribution is -2.38. The molecule has 102 valence electrons. The number of pyridine rings is 1. The predicted molar refractivity (Wildman–Crippen MR) is 78.5 cm³/mol. The highest BCUT2D eigenvalue weighted by atomic mass is 16.2. The van der Waals surface area contributed by atoms with Gasteiger partial charge in [0.2, 0.25) is 0 Å². The Morgan fingerprint density at radius 1 is 1.40 bits per heavy atom. The summed E-state index contributed by atoms with van der Waals surface area (Å²) in [6.07, 6.45) is 5.30. The summed E-state index contributed by atoms with van der Waals surface area (Å²) in [5, 5.41) is 8.22. The molecule has 3 rings (SSSR count). The standard InChI is InChI=1S/C15H16N4O/c20-15(13-7-3-8-16-13)19-18-10-12-5-1-4-11-6-2-9-17-14(11)12/h1-2,4-6,9-10,13,16H,3,7-8H2,(H,19,20)/b18-10+/t13-/m0/s1. The number of para-hydroxylation sites is 1. The molecule has 1 fully saturated rings. The van der Waals surface area contributed by atoms with Crippen molar-refractivity contribution >= 4 is 23.0 Å². The van der Waals surface area contributed by atoms with Crippen molar-refractivity contribution in [3.05, 3.63) is 42.1 Å². The largest absolute Gasteiger partial charge is 0.306 e. The highest BCUT2D eigenvalue weighted by molar-refractivity contribution is 5.97. The van der Waals surface area contributed by atoms with E-state index in [2.05, 4.69) is 20.8 Å². The maximum atomic E-state index is 11.8. The Morgan fingerprint density at radius 3 is 3.15 bits per heavy atom. The van der Waals surface area contributed by atoms with Crippen molar-refractivity contribution < 1.29 is 4.79 Å². The monoisotopic (exact) mass is 268 g/mol. The van der Waals surface area contributed by atoms with Crippen LogP contribution in [0.5, 0.6) is 0 Å². The van der Waals surface area contributed by atoms with Gasteiger partial charge in [0.25, 0.3) is 5.91 Å². The van der Waals surface area contributed by atoms with E-state index in [9.17, 15) is 4.79 Å². The minimum Gasteiger partial charge on any atom is -0.306 e. The van der Waals surface area contributed by atoms with Crippen LogP contribution < -0.4 is 10.7 Å². The lowest BCUT2D eigenvalue weighted by molar-refractivity contribution is -0.122. The van der Waals surface area contributed by atoms with Crippen molar-refractivity contribution in [1.82, 2.24) is 15.7 Å². The number of aromatic nitrogens is 1. The third kappa shape index (κ3) is 2.67. The molecule has 5 nitrogen and oxygen atoms in total. The predicted octanol–water partition coefficient (Wildman–Crippen LogP) is 1.44. The Hall–Kier alpha value is -2.27. The zero-order valence-corrected chi connectivity index (χ0v) is 11.0. The Balaban J connectivity index is 1.72. The topological polar surface area (TPSA) is 66.4 Å². The van der Waals surface area contributed by atoms with Gasteiger partial charge in [-0.15, -0.1) is 0 Å². The molecule has 5 heteroatoms. The van der Waals surface area contributed by atoms with Gasteiger partial charge in [0, 0.05) is 17.1 Å². The molecule has 2 heterocycles. The van der Waals surface area contributed by atoms with Crippen molar-refractivity contribution in [1.29, 1.82) is 0 Å². The fraction of sp³-hybridized carbons (Fsp3) is 0.267. The molecule has 1 atom stereocenters. The number of nitrogens with one attached hydrogen (secondary N) is 2. The SMILES string of the molecule is O=C(N/N=C/c1cccc2cccnc12)[C@@H]1CCCN1. The molecular weight excluding hydrogens is 252 g/mol. The minimum atomic E-state index is -0.113. The van der Waals surface area contributed by atoms with E-state index in [4.69, 9.17) is 0 Å². The first kappa shape index (κ1) is 12.7. The first-order valence-corrected chi connectivity index (χ1v) is 6.74. The smallest absolute Gasteiger partial charge is 0.257 e. The fourth-order valence-electron chi connectivity index (χ4n) is 2.38. The number of benzene rings is 1. The van der Waals surface area contributed by atoms with Crippen molar-refractivity contribution in [2.45, 2.75) is 18.9 Å². The van der Waals surface area contributed by atoms with Crippen LogP contribution in [0.15, 0.2) is 41.6 Å². The van der Waals surface area contributed by atoms with E-state index < -0.39 is 0 Å². The number of rotatable bonds is 3. The molecule has 0 aliphatic carbocycles. The second kappa shape index (κ2) is 5.79. The van der Waals surface area contributed by atoms with Gasteiger partial charge >= 0.3 is 0 Å². The number of fused-ring (bicyclic) bond motifs is 1. The second-order valence-corrected chi connectivity index (χ2v) is 4.81. The normalized spacial score (nSPS) is 18.7. The third-order valence-electron chi connectivity index (χ3n) is 3.42. The fourth-order valence-corrected chi connectivity index (χ4v) is 2.38. The van der Waals surface area contributed by atoms with Gasteiger partial charge in [-0.1, -0.05) is 24.3 Å². The molecular formula is C15H16N4O. The number of amides is 1. The molecule has 1 amide bonds. The van der Waals surface area contributed by atoms with Crippen LogP contribution in [0, 0.1) is 0 Å².